The highest BCUT2D eigenvalue weighted by Gasteiger charge is 2.62. The Morgan fingerprint density at radius 3 is 2.58 bits per heavy atom. The van der Waals surface area contributed by atoms with Gasteiger partial charge >= 0.3 is 13.5 Å². The number of nitrogens with zero attached hydrogens (tertiary/aromatic N) is 2. The van der Waals surface area contributed by atoms with Crippen LogP contribution in [0.4, 0.5) is 5.82 Å². The van der Waals surface area contributed by atoms with Gasteiger partial charge in [-0.15, -0.1) is 0 Å². The van der Waals surface area contributed by atoms with E-state index >= 15 is 0 Å². The fraction of sp³-hybridized carbons (Fsp3) is 0.800. The number of ether oxygens (including phenoxy) is 2. The number of rotatable bonds is 5. The molecule has 3 heterocycles. The van der Waals surface area contributed by atoms with E-state index in [1.165, 1.54) is 4.57 Å². The molecule has 2 aliphatic heterocycles. The smallest absolute Gasteiger partial charge is 0.383 e. The van der Waals surface area contributed by atoms with Gasteiger partial charge in [0.05, 0.1) is 12.2 Å². The van der Waals surface area contributed by atoms with Crippen LogP contribution in [0.2, 0.25) is 0 Å². The van der Waals surface area contributed by atoms with Crippen molar-refractivity contribution >= 4 is 13.6 Å². The summed E-state index contributed by atoms with van der Waals surface area (Å²) in [6.45, 7) is 13.2. The molecular formula is C20H34N3O7P. The molecule has 3 rings (SSSR count). The third-order valence-electron chi connectivity index (χ3n) is 5.20. The van der Waals surface area contributed by atoms with Crippen LogP contribution >= 0.6 is 7.82 Å². The molecule has 0 saturated carbocycles. The molecule has 1 aromatic rings. The zero-order valence-electron chi connectivity index (χ0n) is 19.2. The Kier molecular flexibility index (Phi) is 6.23. The lowest BCUT2D eigenvalue weighted by Crippen LogP contribution is -2.52. The highest BCUT2D eigenvalue weighted by Crippen LogP contribution is 2.57. The summed E-state index contributed by atoms with van der Waals surface area (Å²) in [4.78, 5) is 26.9. The lowest BCUT2D eigenvalue weighted by molar-refractivity contribution is -0.138. The number of hydrogen-bond donors (Lipinski definition) is 2. The summed E-state index contributed by atoms with van der Waals surface area (Å²) < 4.78 is 37.5. The van der Waals surface area contributed by atoms with Gasteiger partial charge in [-0.2, -0.15) is 4.98 Å². The van der Waals surface area contributed by atoms with Crippen molar-refractivity contribution < 1.29 is 28.0 Å². The molecule has 31 heavy (non-hydrogen) atoms. The van der Waals surface area contributed by atoms with Gasteiger partial charge in [0.15, 0.2) is 6.23 Å². The van der Waals surface area contributed by atoms with Crippen LogP contribution in [0, 0.1) is 12.3 Å². The fourth-order valence-corrected chi connectivity index (χ4v) is 5.67. The molecule has 2 fully saturated rings. The van der Waals surface area contributed by atoms with Crippen LogP contribution in [0.15, 0.2) is 11.0 Å². The maximum Gasteiger partial charge on any atom is 0.473 e. The number of phosphoric ester groups is 1. The van der Waals surface area contributed by atoms with Crippen molar-refractivity contribution in [1.82, 2.24) is 9.55 Å². The maximum atomic E-state index is 12.8. The average molecular weight is 459 g/mol. The molecule has 2 saturated heterocycles. The molecule has 2 bridgehead atoms. The summed E-state index contributed by atoms with van der Waals surface area (Å²) in [7, 11) is -4.46. The van der Waals surface area contributed by atoms with Crippen molar-refractivity contribution in [2.75, 3.05) is 12.3 Å². The van der Waals surface area contributed by atoms with E-state index in [1.807, 2.05) is 20.8 Å². The summed E-state index contributed by atoms with van der Waals surface area (Å²) in [5.41, 5.74) is 3.75. The van der Waals surface area contributed by atoms with Crippen LogP contribution in [0.1, 0.15) is 66.2 Å². The minimum absolute atomic E-state index is 0.138. The van der Waals surface area contributed by atoms with Gasteiger partial charge in [0.25, 0.3) is 0 Å². The first-order valence-corrected chi connectivity index (χ1v) is 11.9. The highest BCUT2D eigenvalue weighted by molar-refractivity contribution is 7.47. The van der Waals surface area contributed by atoms with Gasteiger partial charge in [-0.25, -0.2) is 9.36 Å². The first-order valence-electron chi connectivity index (χ1n) is 10.4. The molecule has 0 radical (unpaired) electrons. The van der Waals surface area contributed by atoms with E-state index in [9.17, 15) is 14.3 Å². The molecule has 0 amide bonds. The van der Waals surface area contributed by atoms with Crippen molar-refractivity contribution in [2.45, 2.75) is 90.9 Å². The lowest BCUT2D eigenvalue weighted by Gasteiger charge is -2.42. The quantitative estimate of drug-likeness (QED) is 0.637. The number of nitrogen functional groups attached to an aromatic ring is 1. The molecule has 11 heteroatoms. The topological polar surface area (TPSA) is 135 Å². The minimum atomic E-state index is -4.46. The number of anilines is 1. The maximum absolute atomic E-state index is 12.8. The van der Waals surface area contributed by atoms with Crippen LogP contribution < -0.4 is 11.4 Å². The normalized spacial score (nSPS) is 30.9. The summed E-state index contributed by atoms with van der Waals surface area (Å²) in [6.07, 6.45) is -0.0917. The van der Waals surface area contributed by atoms with Crippen molar-refractivity contribution in [2.24, 2.45) is 5.41 Å². The molecule has 2 aliphatic rings. The SMILES string of the molecule is Cc1cn([C@@H]2O[C@@]3(CC(C)(C)C)CCOC2C3OP(=O)(O)OC(C)(C)C)c(=O)nc1N. The number of hydrogen-bond acceptors (Lipinski definition) is 8. The van der Waals surface area contributed by atoms with Crippen molar-refractivity contribution in [3.63, 3.8) is 0 Å². The van der Waals surface area contributed by atoms with E-state index < -0.39 is 43.2 Å². The Bertz CT molecular complexity index is 936. The molecule has 3 N–H and O–H groups in total. The second-order valence-corrected chi connectivity index (χ2v) is 11.9. The molecule has 176 valence electrons. The summed E-state index contributed by atoms with van der Waals surface area (Å²) in [5, 5.41) is 0. The largest absolute Gasteiger partial charge is 0.473 e. The van der Waals surface area contributed by atoms with E-state index in [1.54, 1.807) is 33.9 Å². The molecule has 0 aliphatic carbocycles. The molecular weight excluding hydrogens is 425 g/mol. The zero-order valence-corrected chi connectivity index (χ0v) is 20.1. The number of nitrogens with two attached hydrogens (primary N) is 1. The lowest BCUT2D eigenvalue weighted by atomic mass is 9.76. The Morgan fingerprint density at radius 2 is 2.00 bits per heavy atom. The third-order valence-corrected chi connectivity index (χ3v) is 6.47. The van der Waals surface area contributed by atoms with Gasteiger partial charge in [-0.1, -0.05) is 20.8 Å². The first kappa shape index (κ1) is 24.4. The van der Waals surface area contributed by atoms with Crippen LogP contribution in [-0.4, -0.2) is 44.5 Å². The van der Waals surface area contributed by atoms with E-state index in [0.29, 0.717) is 25.0 Å². The Labute approximate surface area is 182 Å². The second kappa shape index (κ2) is 7.93. The van der Waals surface area contributed by atoms with Gasteiger partial charge < -0.3 is 20.1 Å². The van der Waals surface area contributed by atoms with Gasteiger partial charge in [-0.05, 0) is 39.5 Å². The van der Waals surface area contributed by atoms with Gasteiger partial charge in [0.2, 0.25) is 0 Å². The summed E-state index contributed by atoms with van der Waals surface area (Å²) in [5.74, 6) is 0.138. The standard InChI is InChI=1S/C20H34N3O7P/c1-12-10-23(17(24)22-15(12)21)16-13-14(29-31(25,26)30-19(5,6)7)20(28-16,8-9-27-13)11-18(2,3)4/h10,13-14,16H,8-9,11H2,1-7H3,(H,25,26)(H2,21,22,24)/t13?,14?,16-,20-/m1/s1. The number of fused-ring (bicyclic) bond motifs is 2. The van der Waals surface area contributed by atoms with Crippen LogP contribution in [-0.2, 0) is 23.1 Å². The van der Waals surface area contributed by atoms with Crippen LogP contribution in [0.25, 0.3) is 0 Å². The summed E-state index contributed by atoms with van der Waals surface area (Å²) >= 11 is 0. The summed E-state index contributed by atoms with van der Waals surface area (Å²) in [6, 6.07) is 0. The minimum Gasteiger partial charge on any atom is -0.383 e. The molecule has 3 unspecified atom stereocenters. The van der Waals surface area contributed by atoms with Gasteiger partial charge in [0, 0.05) is 18.2 Å². The number of aromatic nitrogens is 2. The van der Waals surface area contributed by atoms with E-state index in [4.69, 9.17) is 24.3 Å². The third kappa shape index (κ3) is 5.38. The van der Waals surface area contributed by atoms with Gasteiger partial charge in [-0.3, -0.25) is 13.6 Å². The van der Waals surface area contributed by atoms with Crippen LogP contribution in [0.5, 0.6) is 0 Å². The first-order chi connectivity index (χ1) is 14.0. The fourth-order valence-electron chi connectivity index (χ4n) is 4.33. The molecule has 0 spiro atoms. The van der Waals surface area contributed by atoms with Gasteiger partial charge in [0.1, 0.15) is 23.6 Å². The molecule has 0 aromatic carbocycles. The van der Waals surface area contributed by atoms with E-state index in [-0.39, 0.29) is 11.2 Å². The molecule has 5 atom stereocenters. The average Bonchev–Trinajstić information content (AvgIpc) is 2.70. The predicted octanol–water partition coefficient (Wildman–Crippen LogP) is 2.93. The number of aryl methyl sites for hydroxylation is 1. The predicted molar refractivity (Wildman–Crippen MR) is 114 cm³/mol. The van der Waals surface area contributed by atoms with Crippen molar-refractivity contribution in [3.05, 3.63) is 22.2 Å². The molecule has 1 aromatic heterocycles. The van der Waals surface area contributed by atoms with Crippen molar-refractivity contribution in [3.8, 4) is 0 Å². The highest BCUT2D eigenvalue weighted by atomic mass is 31.2. The van der Waals surface area contributed by atoms with E-state index in [2.05, 4.69) is 4.98 Å². The Morgan fingerprint density at radius 1 is 1.35 bits per heavy atom. The zero-order chi connectivity index (χ0) is 23.4. The Hall–Kier alpha value is -1.29. The molecule has 10 nitrogen and oxygen atoms in total. The number of phosphoric acid groups is 1. The van der Waals surface area contributed by atoms with Crippen molar-refractivity contribution in [1.29, 1.82) is 0 Å². The van der Waals surface area contributed by atoms with E-state index in [0.717, 1.165) is 0 Å². The second-order valence-electron chi connectivity index (χ2n) is 10.6. The van der Waals surface area contributed by atoms with Crippen LogP contribution in [0.3, 0.4) is 0 Å². The monoisotopic (exact) mass is 459 g/mol. The Balaban J connectivity index is 2.04.